The molecule has 6 nitrogen and oxygen atoms in total. The number of carbonyl (C=O) groups is 1. The van der Waals surface area contributed by atoms with E-state index in [1.165, 1.54) is 23.2 Å². The Morgan fingerprint density at radius 2 is 1.74 bits per heavy atom. The van der Waals surface area contributed by atoms with E-state index in [2.05, 4.69) is 57.6 Å². The molecule has 2 aromatic carbocycles. The van der Waals surface area contributed by atoms with Gasteiger partial charge in [0, 0.05) is 58.5 Å². The van der Waals surface area contributed by atoms with Gasteiger partial charge >= 0.3 is 6.03 Å². The number of carbonyl (C=O) groups excluding carboxylic acids is 1. The lowest BCUT2D eigenvalue weighted by molar-refractivity contribution is 0.111. The van der Waals surface area contributed by atoms with Crippen LogP contribution in [0.3, 0.4) is 0 Å². The number of amides is 2. The first-order chi connectivity index (χ1) is 15.1. The number of anilines is 1. The summed E-state index contributed by atoms with van der Waals surface area (Å²) in [6, 6.07) is 17.0. The van der Waals surface area contributed by atoms with Crippen LogP contribution in [0.5, 0.6) is 0 Å². The lowest BCUT2D eigenvalue weighted by Gasteiger charge is -2.39. The summed E-state index contributed by atoms with van der Waals surface area (Å²) in [5.41, 5.74) is 5.19. The van der Waals surface area contributed by atoms with Crippen molar-refractivity contribution >= 4 is 11.7 Å². The van der Waals surface area contributed by atoms with Crippen LogP contribution in [-0.2, 0) is 13.0 Å². The fourth-order valence-corrected chi connectivity index (χ4v) is 4.63. The summed E-state index contributed by atoms with van der Waals surface area (Å²) in [6.07, 6.45) is 2.33. The molecule has 0 radical (unpaired) electrons. The molecule has 0 aliphatic carbocycles. The molecule has 2 N–H and O–H groups in total. The molecule has 31 heavy (non-hydrogen) atoms. The maximum Gasteiger partial charge on any atom is 0.315 e. The maximum atomic E-state index is 12.5. The third-order valence-electron chi connectivity index (χ3n) is 6.57. The Hall–Kier alpha value is -2.57. The van der Waals surface area contributed by atoms with Gasteiger partial charge in [-0.2, -0.15) is 0 Å². The molecule has 166 valence electrons. The van der Waals surface area contributed by atoms with Gasteiger partial charge in [-0.3, -0.25) is 4.90 Å². The number of benzene rings is 2. The topological polar surface area (TPSA) is 50.9 Å². The van der Waals surface area contributed by atoms with Gasteiger partial charge in [0.1, 0.15) is 0 Å². The van der Waals surface area contributed by atoms with E-state index in [1.54, 1.807) is 0 Å². The molecular formula is C25H35N5O. The number of likely N-dealkylation sites (N-methyl/N-ethyl adjacent to an activating group) is 1. The third kappa shape index (κ3) is 5.57. The van der Waals surface area contributed by atoms with Crippen molar-refractivity contribution in [1.29, 1.82) is 0 Å². The lowest BCUT2D eigenvalue weighted by Crippen LogP contribution is -2.49. The number of urea groups is 1. The summed E-state index contributed by atoms with van der Waals surface area (Å²) in [4.78, 5) is 19.7. The molecule has 0 bridgehead atoms. The average Bonchev–Trinajstić information content (AvgIpc) is 2.80. The minimum Gasteiger partial charge on any atom is -0.374 e. The van der Waals surface area contributed by atoms with E-state index >= 15 is 0 Å². The van der Waals surface area contributed by atoms with Crippen molar-refractivity contribution in [3.8, 4) is 0 Å². The summed E-state index contributed by atoms with van der Waals surface area (Å²) in [5, 5.41) is 6.12. The number of hydrogen-bond acceptors (Lipinski definition) is 4. The van der Waals surface area contributed by atoms with Crippen LogP contribution in [0.1, 0.15) is 29.2 Å². The Labute approximate surface area is 186 Å². The molecule has 2 heterocycles. The van der Waals surface area contributed by atoms with Crippen LogP contribution in [0.2, 0.25) is 0 Å². The van der Waals surface area contributed by atoms with Crippen LogP contribution in [0.25, 0.3) is 0 Å². The van der Waals surface area contributed by atoms with E-state index in [9.17, 15) is 4.79 Å². The first-order valence-corrected chi connectivity index (χ1v) is 11.4. The number of nitrogens with zero attached hydrogens (tertiary/aromatic N) is 3. The molecular weight excluding hydrogens is 386 g/mol. The Balaban J connectivity index is 1.44. The van der Waals surface area contributed by atoms with E-state index in [0.29, 0.717) is 13.1 Å². The number of nitrogens with one attached hydrogen (secondary N) is 2. The monoisotopic (exact) mass is 421 g/mol. The zero-order valence-corrected chi connectivity index (χ0v) is 18.8. The van der Waals surface area contributed by atoms with Crippen molar-refractivity contribution in [1.82, 2.24) is 20.4 Å². The van der Waals surface area contributed by atoms with Crippen LogP contribution >= 0.6 is 0 Å². The van der Waals surface area contributed by atoms with Crippen LogP contribution in [0, 0.1) is 0 Å². The maximum absolute atomic E-state index is 12.5. The van der Waals surface area contributed by atoms with Gasteiger partial charge in [-0.1, -0.05) is 42.5 Å². The molecule has 1 unspecified atom stereocenters. The number of fused-ring (bicyclic) bond motifs is 1. The Bertz CT molecular complexity index is 863. The first-order valence-electron chi connectivity index (χ1n) is 11.4. The van der Waals surface area contributed by atoms with E-state index in [4.69, 9.17) is 0 Å². The van der Waals surface area contributed by atoms with Crippen LogP contribution in [0.15, 0.2) is 48.5 Å². The number of rotatable bonds is 6. The second-order valence-electron chi connectivity index (χ2n) is 8.82. The van der Waals surface area contributed by atoms with Crippen molar-refractivity contribution in [2.24, 2.45) is 0 Å². The van der Waals surface area contributed by atoms with Crippen molar-refractivity contribution in [3.63, 3.8) is 0 Å². The molecule has 0 saturated carbocycles. The second kappa shape index (κ2) is 10.2. The minimum atomic E-state index is -0.110. The molecule has 0 aromatic heterocycles. The van der Waals surface area contributed by atoms with E-state index in [1.807, 2.05) is 30.3 Å². The van der Waals surface area contributed by atoms with Crippen molar-refractivity contribution in [2.45, 2.75) is 25.4 Å². The van der Waals surface area contributed by atoms with Gasteiger partial charge in [0.15, 0.2) is 0 Å². The lowest BCUT2D eigenvalue weighted by atomic mass is 9.95. The zero-order chi connectivity index (χ0) is 21.6. The van der Waals surface area contributed by atoms with Gasteiger partial charge in [-0.25, -0.2) is 4.79 Å². The Morgan fingerprint density at radius 3 is 2.52 bits per heavy atom. The highest BCUT2D eigenvalue weighted by Crippen LogP contribution is 2.31. The van der Waals surface area contributed by atoms with Gasteiger partial charge in [0.25, 0.3) is 0 Å². The highest BCUT2D eigenvalue weighted by atomic mass is 16.2. The summed E-state index contributed by atoms with van der Waals surface area (Å²) in [6.45, 7) is 6.43. The number of aryl methyl sites for hydroxylation is 1. The minimum absolute atomic E-state index is 0.110. The Morgan fingerprint density at radius 1 is 0.968 bits per heavy atom. The molecule has 0 spiro atoms. The van der Waals surface area contributed by atoms with E-state index in [0.717, 1.165) is 44.7 Å². The molecule has 2 aromatic rings. The summed E-state index contributed by atoms with van der Waals surface area (Å²) >= 11 is 0. The van der Waals surface area contributed by atoms with Crippen molar-refractivity contribution in [3.05, 3.63) is 65.2 Å². The molecule has 4 rings (SSSR count). The first kappa shape index (κ1) is 21.7. The number of piperazine rings is 1. The molecule has 6 heteroatoms. The fraction of sp³-hybridized carbons (Fsp3) is 0.480. The van der Waals surface area contributed by atoms with Gasteiger partial charge in [-0.15, -0.1) is 0 Å². The van der Waals surface area contributed by atoms with E-state index in [-0.39, 0.29) is 12.1 Å². The number of hydrogen-bond donors (Lipinski definition) is 2. The van der Waals surface area contributed by atoms with Gasteiger partial charge in [0.05, 0.1) is 6.04 Å². The largest absolute Gasteiger partial charge is 0.374 e. The van der Waals surface area contributed by atoms with Gasteiger partial charge in [0.2, 0.25) is 0 Å². The third-order valence-corrected chi connectivity index (χ3v) is 6.57. The van der Waals surface area contributed by atoms with Gasteiger partial charge in [-0.05, 0) is 42.6 Å². The highest BCUT2D eigenvalue weighted by Gasteiger charge is 2.26. The summed E-state index contributed by atoms with van der Waals surface area (Å²) in [5.74, 6) is 0. The standard InChI is InChI=1S/C25H35N5O/c1-28-13-15-30(16-14-28)24(19-27-25(31)26-18-20-7-4-3-5-8-20)22-10-11-23-21(17-22)9-6-12-29(23)2/h3-5,7-8,10-11,17,24H,6,9,12-16,18-19H2,1-2H3,(H2,26,27,31). The van der Waals surface area contributed by atoms with E-state index < -0.39 is 0 Å². The predicted molar refractivity (Wildman–Crippen MR) is 127 cm³/mol. The molecule has 2 aliphatic heterocycles. The smallest absolute Gasteiger partial charge is 0.315 e. The zero-order valence-electron chi connectivity index (χ0n) is 18.8. The summed E-state index contributed by atoms with van der Waals surface area (Å²) < 4.78 is 0. The summed E-state index contributed by atoms with van der Waals surface area (Å²) in [7, 11) is 4.35. The molecule has 1 fully saturated rings. The van der Waals surface area contributed by atoms with Crippen LogP contribution < -0.4 is 15.5 Å². The SMILES string of the molecule is CN1CCN(C(CNC(=O)NCc2ccccc2)c2ccc3c(c2)CCCN3C)CC1. The van der Waals surface area contributed by atoms with Crippen molar-refractivity contribution < 1.29 is 4.79 Å². The second-order valence-corrected chi connectivity index (χ2v) is 8.82. The average molecular weight is 422 g/mol. The quantitative estimate of drug-likeness (QED) is 0.753. The van der Waals surface area contributed by atoms with Gasteiger partial charge < -0.3 is 20.4 Å². The molecule has 2 amide bonds. The van der Waals surface area contributed by atoms with Crippen LogP contribution in [0.4, 0.5) is 10.5 Å². The molecule has 1 saturated heterocycles. The Kier molecular flexibility index (Phi) is 7.10. The predicted octanol–water partition coefficient (Wildman–Crippen LogP) is 2.86. The molecule has 2 aliphatic rings. The highest BCUT2D eigenvalue weighted by molar-refractivity contribution is 5.73. The molecule has 1 atom stereocenters. The van der Waals surface area contributed by atoms with Crippen molar-refractivity contribution in [2.75, 3.05) is 58.3 Å². The normalized spacial score (nSPS) is 18.3. The van der Waals surface area contributed by atoms with Crippen LogP contribution in [-0.4, -0.2) is 69.2 Å². The fourth-order valence-electron chi connectivity index (χ4n) is 4.63.